The Morgan fingerprint density at radius 3 is 2.81 bits per heavy atom. The minimum absolute atomic E-state index is 0.0989. The fourth-order valence-electron chi connectivity index (χ4n) is 2.74. The average molecular weight is 289 g/mol. The number of hydrogen-bond acceptors (Lipinski definition) is 2. The molecular formula is C17H27N3O. The highest BCUT2D eigenvalue weighted by atomic mass is 16.2. The zero-order valence-corrected chi connectivity index (χ0v) is 13.3. The topological polar surface area (TPSA) is 53.2 Å². The molecule has 4 nitrogen and oxygen atoms in total. The van der Waals surface area contributed by atoms with Crippen molar-refractivity contribution in [2.75, 3.05) is 11.9 Å². The van der Waals surface area contributed by atoms with Crippen LogP contribution in [0.2, 0.25) is 0 Å². The molecular weight excluding hydrogens is 262 g/mol. The van der Waals surface area contributed by atoms with Crippen molar-refractivity contribution in [2.45, 2.75) is 52.1 Å². The van der Waals surface area contributed by atoms with E-state index in [1.807, 2.05) is 18.2 Å². The summed E-state index contributed by atoms with van der Waals surface area (Å²) < 4.78 is 0. The van der Waals surface area contributed by atoms with E-state index < -0.39 is 0 Å². The summed E-state index contributed by atoms with van der Waals surface area (Å²) in [5, 5.41) is 9.40. The van der Waals surface area contributed by atoms with Crippen LogP contribution in [0.5, 0.6) is 0 Å². The van der Waals surface area contributed by atoms with Crippen molar-refractivity contribution in [3.05, 3.63) is 29.8 Å². The van der Waals surface area contributed by atoms with E-state index in [4.69, 9.17) is 0 Å². The largest absolute Gasteiger partial charge is 0.335 e. The molecule has 21 heavy (non-hydrogen) atoms. The van der Waals surface area contributed by atoms with E-state index in [1.165, 1.54) is 5.56 Å². The van der Waals surface area contributed by atoms with Crippen molar-refractivity contribution in [1.29, 1.82) is 0 Å². The number of urea groups is 1. The van der Waals surface area contributed by atoms with Gasteiger partial charge in [-0.15, -0.1) is 0 Å². The first kappa shape index (κ1) is 15.8. The molecule has 1 aromatic rings. The molecule has 0 spiro atoms. The molecule has 1 unspecified atom stereocenters. The second-order valence-electron chi connectivity index (χ2n) is 6.17. The molecule has 1 saturated carbocycles. The summed E-state index contributed by atoms with van der Waals surface area (Å²) >= 11 is 0. The molecule has 1 aliphatic rings. The number of anilines is 1. The number of amides is 2. The van der Waals surface area contributed by atoms with Crippen LogP contribution >= 0.6 is 0 Å². The molecule has 116 valence electrons. The van der Waals surface area contributed by atoms with Crippen molar-refractivity contribution < 1.29 is 4.79 Å². The number of hydrogen-bond donors (Lipinski definition) is 3. The van der Waals surface area contributed by atoms with Crippen LogP contribution in [-0.4, -0.2) is 18.6 Å². The zero-order valence-electron chi connectivity index (χ0n) is 13.3. The molecule has 4 heteroatoms. The molecule has 2 rings (SSSR count). The van der Waals surface area contributed by atoms with Crippen molar-refractivity contribution >= 4 is 11.7 Å². The van der Waals surface area contributed by atoms with Gasteiger partial charge in [-0.3, -0.25) is 0 Å². The van der Waals surface area contributed by atoms with E-state index in [2.05, 4.69) is 42.8 Å². The summed E-state index contributed by atoms with van der Waals surface area (Å²) in [7, 11) is 0. The summed E-state index contributed by atoms with van der Waals surface area (Å²) in [6.07, 6.45) is 3.29. The predicted octanol–water partition coefficient (Wildman–Crippen LogP) is 3.67. The second-order valence-corrected chi connectivity index (χ2v) is 6.17. The van der Waals surface area contributed by atoms with Gasteiger partial charge in [-0.2, -0.15) is 0 Å². The molecule has 1 aliphatic carbocycles. The molecule has 0 heterocycles. The minimum atomic E-state index is -0.0989. The van der Waals surface area contributed by atoms with Crippen molar-refractivity contribution in [1.82, 2.24) is 10.6 Å². The minimum Gasteiger partial charge on any atom is -0.335 e. The zero-order chi connectivity index (χ0) is 15.2. The van der Waals surface area contributed by atoms with Gasteiger partial charge in [-0.25, -0.2) is 4.79 Å². The maximum Gasteiger partial charge on any atom is 0.319 e. The van der Waals surface area contributed by atoms with Gasteiger partial charge >= 0.3 is 6.03 Å². The van der Waals surface area contributed by atoms with Gasteiger partial charge in [0.15, 0.2) is 0 Å². The van der Waals surface area contributed by atoms with Gasteiger partial charge in [-0.05, 0) is 56.3 Å². The standard InChI is InChI=1S/C17H27N3O/c1-4-8-18-13(3)14-6-5-7-15(11-14)19-17(21)20-16-9-12(2)10-16/h5-7,11-13,16,18H,4,8-10H2,1-3H3,(H2,19,20,21). The fraction of sp³-hybridized carbons (Fsp3) is 0.588. The first-order chi connectivity index (χ1) is 10.1. The lowest BCUT2D eigenvalue weighted by Gasteiger charge is -2.33. The maximum atomic E-state index is 11.9. The fourth-order valence-corrected chi connectivity index (χ4v) is 2.74. The molecule has 1 atom stereocenters. The van der Waals surface area contributed by atoms with Gasteiger partial charge < -0.3 is 16.0 Å². The van der Waals surface area contributed by atoms with Crippen LogP contribution in [-0.2, 0) is 0 Å². The molecule has 3 N–H and O–H groups in total. The highest BCUT2D eigenvalue weighted by molar-refractivity contribution is 5.89. The lowest BCUT2D eigenvalue weighted by atomic mass is 9.82. The third kappa shape index (κ3) is 4.74. The Bertz CT molecular complexity index is 469. The highest BCUT2D eigenvalue weighted by Crippen LogP contribution is 2.26. The molecule has 0 saturated heterocycles. The van der Waals surface area contributed by atoms with E-state index in [-0.39, 0.29) is 6.03 Å². The molecule has 0 radical (unpaired) electrons. The van der Waals surface area contributed by atoms with E-state index >= 15 is 0 Å². The molecule has 0 aromatic heterocycles. The van der Waals surface area contributed by atoms with Crippen LogP contribution in [0, 0.1) is 5.92 Å². The van der Waals surface area contributed by atoms with E-state index in [0.29, 0.717) is 12.1 Å². The van der Waals surface area contributed by atoms with Crippen molar-refractivity contribution in [2.24, 2.45) is 5.92 Å². The Morgan fingerprint density at radius 2 is 2.14 bits per heavy atom. The smallest absolute Gasteiger partial charge is 0.319 e. The first-order valence-corrected chi connectivity index (χ1v) is 7.99. The lowest BCUT2D eigenvalue weighted by molar-refractivity contribution is 0.219. The first-order valence-electron chi connectivity index (χ1n) is 7.99. The van der Waals surface area contributed by atoms with E-state index in [1.54, 1.807) is 0 Å². The Morgan fingerprint density at radius 1 is 1.38 bits per heavy atom. The number of carbonyl (C=O) groups excluding carboxylic acids is 1. The maximum absolute atomic E-state index is 11.9. The molecule has 1 fully saturated rings. The summed E-state index contributed by atoms with van der Waals surface area (Å²) in [5.74, 6) is 0.740. The Kier molecular flexibility index (Phi) is 5.62. The molecule has 1 aromatic carbocycles. The van der Waals surface area contributed by atoms with Crippen LogP contribution in [0.4, 0.5) is 10.5 Å². The Balaban J connectivity index is 1.86. The summed E-state index contributed by atoms with van der Waals surface area (Å²) in [5.41, 5.74) is 2.04. The Hall–Kier alpha value is -1.55. The van der Waals surface area contributed by atoms with Gasteiger partial charge in [0.2, 0.25) is 0 Å². The summed E-state index contributed by atoms with van der Waals surface area (Å²) in [6, 6.07) is 8.58. The molecule has 0 bridgehead atoms. The summed E-state index contributed by atoms with van der Waals surface area (Å²) in [4.78, 5) is 11.9. The van der Waals surface area contributed by atoms with Crippen molar-refractivity contribution in [3.8, 4) is 0 Å². The summed E-state index contributed by atoms with van der Waals surface area (Å²) in [6.45, 7) is 7.51. The van der Waals surface area contributed by atoms with Crippen LogP contribution in [0.25, 0.3) is 0 Å². The van der Waals surface area contributed by atoms with E-state index in [9.17, 15) is 4.79 Å². The quantitative estimate of drug-likeness (QED) is 0.748. The van der Waals surface area contributed by atoms with Gasteiger partial charge in [0, 0.05) is 17.8 Å². The van der Waals surface area contributed by atoms with E-state index in [0.717, 1.165) is 37.4 Å². The van der Waals surface area contributed by atoms with Crippen LogP contribution in [0.3, 0.4) is 0 Å². The highest BCUT2D eigenvalue weighted by Gasteiger charge is 2.26. The molecule has 0 aliphatic heterocycles. The van der Waals surface area contributed by atoms with Gasteiger partial charge in [0.05, 0.1) is 0 Å². The third-order valence-corrected chi connectivity index (χ3v) is 4.05. The number of benzene rings is 1. The number of rotatable bonds is 6. The average Bonchev–Trinajstić information content (AvgIpc) is 2.43. The van der Waals surface area contributed by atoms with Crippen LogP contribution in [0.1, 0.15) is 51.6 Å². The van der Waals surface area contributed by atoms with Crippen LogP contribution in [0.15, 0.2) is 24.3 Å². The van der Waals surface area contributed by atoms with Crippen molar-refractivity contribution in [3.63, 3.8) is 0 Å². The molecule has 2 amide bonds. The lowest BCUT2D eigenvalue weighted by Crippen LogP contribution is -2.45. The third-order valence-electron chi connectivity index (χ3n) is 4.05. The SMILES string of the molecule is CCCNC(C)c1cccc(NC(=O)NC2CC(C)C2)c1. The predicted molar refractivity (Wildman–Crippen MR) is 87.5 cm³/mol. The Labute approximate surface area is 127 Å². The number of nitrogens with one attached hydrogen (secondary N) is 3. The van der Waals surface area contributed by atoms with Gasteiger partial charge in [0.1, 0.15) is 0 Å². The van der Waals surface area contributed by atoms with Gasteiger partial charge in [0.25, 0.3) is 0 Å². The number of carbonyl (C=O) groups is 1. The van der Waals surface area contributed by atoms with Gasteiger partial charge in [-0.1, -0.05) is 26.0 Å². The van der Waals surface area contributed by atoms with Crippen LogP contribution < -0.4 is 16.0 Å². The normalized spacial score (nSPS) is 22.2. The monoisotopic (exact) mass is 289 g/mol. The second kappa shape index (κ2) is 7.46.